The highest BCUT2D eigenvalue weighted by molar-refractivity contribution is 7.88. The molecule has 18 heavy (non-hydrogen) atoms. The van der Waals surface area contributed by atoms with E-state index in [1.165, 1.54) is 12.7 Å². The first-order valence-corrected chi connectivity index (χ1v) is 8.69. The fourth-order valence-corrected chi connectivity index (χ4v) is 3.63. The summed E-state index contributed by atoms with van der Waals surface area (Å²) in [6.45, 7) is 3.03. The number of rotatable bonds is 3. The molecule has 2 saturated heterocycles. The molecule has 0 aromatic rings. The molecular weight excluding hydrogens is 252 g/mol. The Kier molecular flexibility index (Phi) is 5.00. The number of hydrogen-bond acceptors (Lipinski definition) is 4. The summed E-state index contributed by atoms with van der Waals surface area (Å²) in [5.41, 5.74) is 0. The van der Waals surface area contributed by atoms with Crippen molar-refractivity contribution in [3.63, 3.8) is 0 Å². The molecule has 0 aromatic carbocycles. The van der Waals surface area contributed by atoms with Crippen molar-refractivity contribution in [3.05, 3.63) is 0 Å². The van der Waals surface area contributed by atoms with Gasteiger partial charge in [-0.05, 0) is 32.1 Å². The van der Waals surface area contributed by atoms with E-state index in [4.69, 9.17) is 4.74 Å². The van der Waals surface area contributed by atoms with Crippen LogP contribution in [0.15, 0.2) is 0 Å². The summed E-state index contributed by atoms with van der Waals surface area (Å²) in [5, 5.41) is 3.67. The molecule has 0 aliphatic carbocycles. The zero-order chi connectivity index (χ0) is 13.0. The van der Waals surface area contributed by atoms with Crippen LogP contribution in [0.5, 0.6) is 0 Å². The fourth-order valence-electron chi connectivity index (χ4n) is 2.76. The smallest absolute Gasteiger partial charge is 0.211 e. The minimum atomic E-state index is -3.00. The van der Waals surface area contributed by atoms with Crippen LogP contribution >= 0.6 is 0 Å². The Balaban J connectivity index is 1.76. The molecule has 2 aliphatic rings. The average Bonchev–Trinajstić information content (AvgIpc) is 2.57. The van der Waals surface area contributed by atoms with Gasteiger partial charge in [0.05, 0.1) is 6.26 Å². The normalized spacial score (nSPS) is 29.1. The van der Waals surface area contributed by atoms with Crippen molar-refractivity contribution in [2.45, 2.75) is 44.2 Å². The Morgan fingerprint density at radius 1 is 1.06 bits per heavy atom. The lowest BCUT2D eigenvalue weighted by atomic mass is 10.0. The van der Waals surface area contributed by atoms with Gasteiger partial charge in [0.15, 0.2) is 0 Å². The summed E-state index contributed by atoms with van der Waals surface area (Å²) in [6.07, 6.45) is 6.51. The predicted molar refractivity (Wildman–Crippen MR) is 71.0 cm³/mol. The lowest BCUT2D eigenvalue weighted by molar-refractivity contribution is 0.141. The number of sulfonamides is 1. The molecule has 2 aliphatic heterocycles. The second-order valence-electron chi connectivity index (χ2n) is 5.34. The van der Waals surface area contributed by atoms with Crippen LogP contribution in [-0.2, 0) is 14.8 Å². The van der Waals surface area contributed by atoms with Crippen molar-refractivity contribution in [1.82, 2.24) is 9.62 Å². The zero-order valence-corrected chi connectivity index (χ0v) is 11.9. The number of nitrogens with zero attached hydrogens (tertiary/aromatic N) is 1. The summed E-state index contributed by atoms with van der Waals surface area (Å²) in [6, 6.07) is 1.01. The van der Waals surface area contributed by atoms with Crippen molar-refractivity contribution in [3.8, 4) is 0 Å². The van der Waals surface area contributed by atoms with Crippen LogP contribution in [0.2, 0.25) is 0 Å². The molecule has 106 valence electrons. The van der Waals surface area contributed by atoms with Crippen molar-refractivity contribution in [1.29, 1.82) is 0 Å². The summed E-state index contributed by atoms with van der Waals surface area (Å²) in [4.78, 5) is 0. The van der Waals surface area contributed by atoms with Gasteiger partial charge in [-0.15, -0.1) is 0 Å². The summed E-state index contributed by atoms with van der Waals surface area (Å²) < 4.78 is 29.9. The van der Waals surface area contributed by atoms with E-state index < -0.39 is 10.0 Å². The number of piperidine rings is 1. The maximum Gasteiger partial charge on any atom is 0.211 e. The van der Waals surface area contributed by atoms with E-state index in [0.717, 1.165) is 38.9 Å². The third-order valence-corrected chi connectivity index (χ3v) is 5.15. The molecule has 1 unspecified atom stereocenters. The van der Waals surface area contributed by atoms with Gasteiger partial charge in [0, 0.05) is 38.4 Å². The first-order valence-electron chi connectivity index (χ1n) is 6.84. The lowest BCUT2D eigenvalue weighted by Gasteiger charge is -2.33. The summed E-state index contributed by atoms with van der Waals surface area (Å²) >= 11 is 0. The lowest BCUT2D eigenvalue weighted by Crippen LogP contribution is -2.47. The highest BCUT2D eigenvalue weighted by Gasteiger charge is 2.26. The Morgan fingerprint density at radius 3 is 2.39 bits per heavy atom. The van der Waals surface area contributed by atoms with Gasteiger partial charge in [-0.1, -0.05) is 0 Å². The number of nitrogens with one attached hydrogen (secondary N) is 1. The average molecular weight is 276 g/mol. The minimum Gasteiger partial charge on any atom is -0.381 e. The van der Waals surface area contributed by atoms with Gasteiger partial charge >= 0.3 is 0 Å². The molecule has 0 amide bonds. The van der Waals surface area contributed by atoms with Crippen molar-refractivity contribution >= 4 is 10.0 Å². The fraction of sp³-hybridized carbons (Fsp3) is 1.00. The number of ether oxygens (including phenoxy) is 1. The van der Waals surface area contributed by atoms with Gasteiger partial charge in [-0.2, -0.15) is 0 Å². The molecule has 1 atom stereocenters. The van der Waals surface area contributed by atoms with Gasteiger partial charge in [-0.3, -0.25) is 0 Å². The Morgan fingerprint density at radius 2 is 1.72 bits per heavy atom. The summed E-state index contributed by atoms with van der Waals surface area (Å²) in [7, 11) is -3.00. The first-order chi connectivity index (χ1) is 8.55. The Hall–Kier alpha value is -0.170. The van der Waals surface area contributed by atoms with Gasteiger partial charge in [0.2, 0.25) is 10.0 Å². The highest BCUT2D eigenvalue weighted by atomic mass is 32.2. The van der Waals surface area contributed by atoms with Crippen LogP contribution in [0.25, 0.3) is 0 Å². The topological polar surface area (TPSA) is 58.6 Å². The van der Waals surface area contributed by atoms with Crippen LogP contribution in [0.4, 0.5) is 0 Å². The number of hydrogen-bond donors (Lipinski definition) is 1. The van der Waals surface area contributed by atoms with Crippen LogP contribution in [0, 0.1) is 0 Å². The molecule has 2 heterocycles. The Labute approximate surface area is 110 Å². The van der Waals surface area contributed by atoms with Crippen LogP contribution in [-0.4, -0.2) is 57.4 Å². The highest BCUT2D eigenvalue weighted by Crippen LogP contribution is 2.16. The van der Waals surface area contributed by atoms with Gasteiger partial charge in [0.1, 0.15) is 0 Å². The van der Waals surface area contributed by atoms with Crippen LogP contribution in [0.1, 0.15) is 32.1 Å². The molecule has 5 nitrogen and oxygen atoms in total. The Bertz CT molecular complexity index is 342. The van der Waals surface area contributed by atoms with Gasteiger partial charge < -0.3 is 10.1 Å². The monoisotopic (exact) mass is 276 g/mol. The van der Waals surface area contributed by atoms with Crippen molar-refractivity contribution in [2.24, 2.45) is 0 Å². The van der Waals surface area contributed by atoms with E-state index in [1.54, 1.807) is 4.31 Å². The zero-order valence-electron chi connectivity index (χ0n) is 11.1. The van der Waals surface area contributed by atoms with Crippen molar-refractivity contribution < 1.29 is 13.2 Å². The molecule has 0 aromatic heterocycles. The molecule has 1 N–H and O–H groups in total. The van der Waals surface area contributed by atoms with E-state index >= 15 is 0 Å². The van der Waals surface area contributed by atoms with E-state index in [-0.39, 0.29) is 0 Å². The second kappa shape index (κ2) is 6.32. The molecule has 0 saturated carbocycles. The van der Waals surface area contributed by atoms with E-state index in [0.29, 0.717) is 25.2 Å². The SMILES string of the molecule is CS(=O)(=O)N1CCC(NC2CCCOCC2)CC1. The van der Waals surface area contributed by atoms with E-state index in [9.17, 15) is 8.42 Å². The van der Waals surface area contributed by atoms with Crippen molar-refractivity contribution in [2.75, 3.05) is 32.6 Å². The molecule has 6 heteroatoms. The van der Waals surface area contributed by atoms with Crippen LogP contribution in [0.3, 0.4) is 0 Å². The molecule has 0 bridgehead atoms. The maximum atomic E-state index is 11.4. The third kappa shape index (κ3) is 4.19. The molecule has 0 radical (unpaired) electrons. The molecule has 0 spiro atoms. The predicted octanol–water partition coefficient (Wildman–Crippen LogP) is 0.569. The van der Waals surface area contributed by atoms with E-state index in [2.05, 4.69) is 5.32 Å². The van der Waals surface area contributed by atoms with Crippen LogP contribution < -0.4 is 5.32 Å². The molecular formula is C12H24N2O3S. The first kappa shape index (κ1) is 14.2. The second-order valence-corrected chi connectivity index (χ2v) is 7.33. The quantitative estimate of drug-likeness (QED) is 0.819. The standard InChI is InChI=1S/C12H24N2O3S/c1-18(15,16)14-7-4-12(5-8-14)13-11-3-2-9-17-10-6-11/h11-13H,2-10H2,1H3. The largest absolute Gasteiger partial charge is 0.381 e. The van der Waals surface area contributed by atoms with E-state index in [1.807, 2.05) is 0 Å². The summed E-state index contributed by atoms with van der Waals surface area (Å²) in [5.74, 6) is 0. The minimum absolute atomic E-state index is 0.464. The third-order valence-electron chi connectivity index (χ3n) is 3.85. The maximum absolute atomic E-state index is 11.4. The molecule has 2 fully saturated rings. The van der Waals surface area contributed by atoms with Gasteiger partial charge in [-0.25, -0.2) is 12.7 Å². The molecule has 2 rings (SSSR count). The van der Waals surface area contributed by atoms with Gasteiger partial charge in [0.25, 0.3) is 0 Å².